The first-order valence-electron chi connectivity index (χ1n) is 11.2. The Labute approximate surface area is 195 Å². The van der Waals surface area contributed by atoms with Gasteiger partial charge in [-0.15, -0.1) is 0 Å². The molecule has 1 atom stereocenters. The van der Waals surface area contributed by atoms with Gasteiger partial charge in [0, 0.05) is 43.3 Å². The largest absolute Gasteiger partial charge is 0.505 e. The molecule has 2 heterocycles. The molecule has 1 saturated heterocycles. The molecule has 9 heteroatoms. The van der Waals surface area contributed by atoms with Crippen molar-refractivity contribution in [3.63, 3.8) is 0 Å². The lowest BCUT2D eigenvalue weighted by Gasteiger charge is -2.39. The van der Waals surface area contributed by atoms with E-state index in [1.54, 1.807) is 24.4 Å². The highest BCUT2D eigenvalue weighted by molar-refractivity contribution is 5.92. The van der Waals surface area contributed by atoms with Gasteiger partial charge in [-0.3, -0.25) is 14.7 Å². The number of aromatic nitrogens is 1. The molecule has 6 nitrogen and oxygen atoms in total. The highest BCUT2D eigenvalue weighted by Gasteiger charge is 2.33. The fourth-order valence-electron chi connectivity index (χ4n) is 4.65. The van der Waals surface area contributed by atoms with Crippen molar-refractivity contribution in [2.24, 2.45) is 5.73 Å². The Hall–Kier alpha value is -3.17. The van der Waals surface area contributed by atoms with Crippen LogP contribution in [-0.4, -0.2) is 58.5 Å². The van der Waals surface area contributed by atoms with Gasteiger partial charge < -0.3 is 15.7 Å². The SMILES string of the molecule is CCN1CCN(C(c2ccc(C(F)(F)F)cc2)c2cc(CC(N)=O)c3cccnc3c2O)CC1. The third-order valence-electron chi connectivity index (χ3n) is 6.41. The summed E-state index contributed by atoms with van der Waals surface area (Å²) >= 11 is 0. The molecular formula is C25H27F3N4O2. The Kier molecular flexibility index (Phi) is 6.77. The lowest BCUT2D eigenvalue weighted by molar-refractivity contribution is -0.137. The number of piperazine rings is 1. The van der Waals surface area contributed by atoms with Crippen LogP contribution in [0.4, 0.5) is 13.2 Å². The van der Waals surface area contributed by atoms with E-state index >= 15 is 0 Å². The van der Waals surface area contributed by atoms with Crippen LogP contribution in [0, 0.1) is 0 Å². The van der Waals surface area contributed by atoms with Gasteiger partial charge in [-0.1, -0.05) is 25.1 Å². The molecule has 0 bridgehead atoms. The third kappa shape index (κ3) is 4.85. The van der Waals surface area contributed by atoms with Gasteiger partial charge in [-0.25, -0.2) is 0 Å². The number of fused-ring (bicyclic) bond motifs is 1. The van der Waals surface area contributed by atoms with Crippen molar-refractivity contribution < 1.29 is 23.1 Å². The molecule has 0 spiro atoms. The van der Waals surface area contributed by atoms with Gasteiger partial charge in [0.15, 0.2) is 0 Å². The number of rotatable bonds is 6. The van der Waals surface area contributed by atoms with E-state index in [0.29, 0.717) is 40.7 Å². The number of likely N-dealkylation sites (N-methyl/N-ethyl adjacent to an activating group) is 1. The number of carbonyl (C=O) groups excluding carboxylic acids is 1. The summed E-state index contributed by atoms with van der Waals surface area (Å²) in [6.07, 6.45) is -2.93. The van der Waals surface area contributed by atoms with Crippen LogP contribution in [0.5, 0.6) is 5.75 Å². The number of carbonyl (C=O) groups is 1. The fraction of sp³-hybridized carbons (Fsp3) is 0.360. The molecule has 1 aliphatic heterocycles. The average molecular weight is 473 g/mol. The topological polar surface area (TPSA) is 82.7 Å². The molecule has 1 aliphatic rings. The van der Waals surface area contributed by atoms with E-state index in [4.69, 9.17) is 5.73 Å². The smallest absolute Gasteiger partial charge is 0.416 e. The number of amides is 1. The summed E-state index contributed by atoms with van der Waals surface area (Å²) in [5.41, 5.74) is 6.81. The van der Waals surface area contributed by atoms with Crippen LogP contribution in [0.3, 0.4) is 0 Å². The van der Waals surface area contributed by atoms with Gasteiger partial charge in [0.05, 0.1) is 18.0 Å². The minimum absolute atomic E-state index is 0.0428. The fourth-order valence-corrected chi connectivity index (χ4v) is 4.65. The minimum atomic E-state index is -4.44. The summed E-state index contributed by atoms with van der Waals surface area (Å²) in [6, 6.07) is 9.72. The molecule has 34 heavy (non-hydrogen) atoms. The van der Waals surface area contributed by atoms with E-state index in [1.807, 2.05) is 0 Å². The first-order valence-corrected chi connectivity index (χ1v) is 11.2. The van der Waals surface area contributed by atoms with E-state index < -0.39 is 23.7 Å². The summed E-state index contributed by atoms with van der Waals surface area (Å²) in [5.74, 6) is -0.573. The number of halogens is 3. The lowest BCUT2D eigenvalue weighted by atomic mass is 9.90. The Morgan fingerprint density at radius 3 is 2.41 bits per heavy atom. The molecule has 0 radical (unpaired) electrons. The summed E-state index contributed by atoms with van der Waals surface area (Å²) in [4.78, 5) is 20.5. The molecular weight excluding hydrogens is 445 g/mol. The molecule has 4 rings (SSSR count). The Balaban J connectivity index is 1.86. The summed E-state index contributed by atoms with van der Waals surface area (Å²) in [7, 11) is 0. The quantitative estimate of drug-likeness (QED) is 0.572. The van der Waals surface area contributed by atoms with E-state index in [2.05, 4.69) is 21.7 Å². The number of nitrogens with zero attached hydrogens (tertiary/aromatic N) is 3. The molecule has 3 N–H and O–H groups in total. The molecule has 180 valence electrons. The summed E-state index contributed by atoms with van der Waals surface area (Å²) in [5, 5.41) is 11.9. The standard InChI is InChI=1S/C25H27F3N4O2/c1-2-31-10-12-32(13-11-31)23(16-5-7-18(8-6-16)25(26,27)28)20-14-17(15-21(29)33)19-4-3-9-30-22(19)24(20)34/h3-9,14,23,34H,2,10-13,15H2,1H3,(H2,29,33). The van der Waals surface area contributed by atoms with Crippen molar-refractivity contribution in [2.45, 2.75) is 25.6 Å². The van der Waals surface area contributed by atoms with Gasteiger partial charge in [-0.2, -0.15) is 13.2 Å². The number of benzene rings is 2. The summed E-state index contributed by atoms with van der Waals surface area (Å²) in [6.45, 7) is 5.93. The molecule has 1 amide bonds. The van der Waals surface area contributed by atoms with Crippen molar-refractivity contribution in [1.29, 1.82) is 0 Å². The maximum Gasteiger partial charge on any atom is 0.416 e. The number of hydrogen-bond donors (Lipinski definition) is 2. The van der Waals surface area contributed by atoms with Crippen LogP contribution in [0.15, 0.2) is 48.7 Å². The molecule has 0 saturated carbocycles. The second-order valence-corrected chi connectivity index (χ2v) is 8.51. The lowest BCUT2D eigenvalue weighted by Crippen LogP contribution is -2.47. The zero-order chi connectivity index (χ0) is 24.5. The number of phenols is 1. The number of alkyl halides is 3. The number of pyridine rings is 1. The Morgan fingerprint density at radius 2 is 1.82 bits per heavy atom. The maximum atomic E-state index is 13.2. The van der Waals surface area contributed by atoms with Crippen LogP contribution < -0.4 is 5.73 Å². The molecule has 3 aromatic rings. The zero-order valence-corrected chi connectivity index (χ0v) is 18.8. The minimum Gasteiger partial charge on any atom is -0.505 e. The van der Waals surface area contributed by atoms with Crippen LogP contribution in [0.25, 0.3) is 10.9 Å². The van der Waals surface area contributed by atoms with E-state index in [9.17, 15) is 23.1 Å². The van der Waals surface area contributed by atoms with Crippen LogP contribution in [0.2, 0.25) is 0 Å². The van der Waals surface area contributed by atoms with Crippen molar-refractivity contribution in [2.75, 3.05) is 32.7 Å². The van der Waals surface area contributed by atoms with Crippen molar-refractivity contribution in [3.8, 4) is 5.75 Å². The van der Waals surface area contributed by atoms with E-state index in [0.717, 1.165) is 31.8 Å². The van der Waals surface area contributed by atoms with E-state index in [1.165, 1.54) is 12.1 Å². The first-order chi connectivity index (χ1) is 16.2. The van der Waals surface area contributed by atoms with Crippen molar-refractivity contribution in [1.82, 2.24) is 14.8 Å². The Morgan fingerprint density at radius 1 is 1.15 bits per heavy atom. The summed E-state index contributed by atoms with van der Waals surface area (Å²) < 4.78 is 39.6. The highest BCUT2D eigenvalue weighted by atomic mass is 19.4. The van der Waals surface area contributed by atoms with Gasteiger partial charge in [0.2, 0.25) is 5.91 Å². The van der Waals surface area contributed by atoms with E-state index in [-0.39, 0.29) is 12.2 Å². The normalized spacial score (nSPS) is 16.6. The van der Waals surface area contributed by atoms with Crippen molar-refractivity contribution >= 4 is 16.8 Å². The molecule has 2 aromatic carbocycles. The monoisotopic (exact) mass is 472 g/mol. The second kappa shape index (κ2) is 9.60. The molecule has 1 fully saturated rings. The maximum absolute atomic E-state index is 13.2. The first kappa shape index (κ1) is 24.0. The van der Waals surface area contributed by atoms with Gasteiger partial charge in [0.25, 0.3) is 0 Å². The van der Waals surface area contributed by atoms with Crippen LogP contribution in [-0.2, 0) is 17.4 Å². The number of phenolic OH excluding ortho intramolecular Hbond substituents is 1. The molecule has 1 unspecified atom stereocenters. The number of nitrogens with two attached hydrogens (primary N) is 1. The van der Waals surface area contributed by atoms with Crippen molar-refractivity contribution in [3.05, 3.63) is 70.9 Å². The zero-order valence-electron chi connectivity index (χ0n) is 18.8. The van der Waals surface area contributed by atoms with Gasteiger partial charge in [-0.05, 0) is 41.9 Å². The molecule has 0 aliphatic carbocycles. The van der Waals surface area contributed by atoms with Crippen LogP contribution in [0.1, 0.15) is 35.2 Å². The molecule has 1 aromatic heterocycles. The van der Waals surface area contributed by atoms with Crippen LogP contribution >= 0.6 is 0 Å². The third-order valence-corrected chi connectivity index (χ3v) is 6.41. The average Bonchev–Trinajstić information content (AvgIpc) is 2.82. The number of primary amides is 1. The number of hydrogen-bond acceptors (Lipinski definition) is 5. The predicted molar refractivity (Wildman–Crippen MR) is 123 cm³/mol. The van der Waals surface area contributed by atoms with Gasteiger partial charge in [0.1, 0.15) is 11.3 Å². The number of aromatic hydroxyl groups is 1. The second-order valence-electron chi connectivity index (χ2n) is 8.51. The van der Waals surface area contributed by atoms with Gasteiger partial charge >= 0.3 is 6.18 Å². The predicted octanol–water partition coefficient (Wildman–Crippen LogP) is 3.71. The highest BCUT2D eigenvalue weighted by Crippen LogP contribution is 2.41. The Bertz CT molecular complexity index is 1170.